The molecule has 0 amide bonds. The molecule has 0 saturated heterocycles. The molecule has 3 rings (SSSR count). The normalized spacial score (nSPS) is 12.4. The number of methoxy groups -OCH3 is 1. The third-order valence-corrected chi connectivity index (χ3v) is 5.00. The molecule has 1 atom stereocenters. The number of nitrogens with zero attached hydrogens (tertiary/aromatic N) is 4. The molecular weight excluding hydrogens is 364 g/mol. The van der Waals surface area contributed by atoms with Crippen LogP contribution in [0.3, 0.4) is 0 Å². The highest BCUT2D eigenvalue weighted by Crippen LogP contribution is 2.32. The van der Waals surface area contributed by atoms with E-state index >= 15 is 0 Å². The van der Waals surface area contributed by atoms with E-state index in [0.29, 0.717) is 23.1 Å². The van der Waals surface area contributed by atoms with Gasteiger partial charge in [0, 0.05) is 17.9 Å². The first kappa shape index (κ1) is 20.5. The van der Waals surface area contributed by atoms with Crippen LogP contribution in [-0.4, -0.2) is 22.1 Å². The standard InChI is InChI=1S/C22H26N6O/c1-6-13(2)20-14(10-23)7-8-18(28-20)27-19-9-15-16(11-25-19)21(29-5)26-12-17(15)22(3,4)24/h7-9,11-13H,6,24H2,1-5H3,(H,25,27,28)/t13-/m1/s1. The van der Waals surface area contributed by atoms with Crippen molar-refractivity contribution in [3.05, 3.63) is 47.4 Å². The molecule has 0 spiro atoms. The summed E-state index contributed by atoms with van der Waals surface area (Å²) in [6, 6.07) is 7.72. The lowest BCUT2D eigenvalue weighted by Crippen LogP contribution is -2.29. The van der Waals surface area contributed by atoms with Crippen molar-refractivity contribution in [1.82, 2.24) is 15.0 Å². The summed E-state index contributed by atoms with van der Waals surface area (Å²) >= 11 is 0. The minimum atomic E-state index is -0.577. The average Bonchev–Trinajstić information content (AvgIpc) is 2.71. The molecule has 0 aliphatic heterocycles. The number of rotatable bonds is 6. The molecule has 0 aliphatic rings. The van der Waals surface area contributed by atoms with Gasteiger partial charge in [0.2, 0.25) is 5.88 Å². The molecule has 0 bridgehead atoms. The zero-order chi connectivity index (χ0) is 21.2. The highest BCUT2D eigenvalue weighted by atomic mass is 16.5. The van der Waals surface area contributed by atoms with Crippen molar-refractivity contribution >= 4 is 22.4 Å². The predicted molar refractivity (Wildman–Crippen MR) is 114 cm³/mol. The van der Waals surface area contributed by atoms with Gasteiger partial charge in [0.1, 0.15) is 17.7 Å². The van der Waals surface area contributed by atoms with Gasteiger partial charge in [-0.2, -0.15) is 5.26 Å². The highest BCUT2D eigenvalue weighted by molar-refractivity contribution is 5.91. The van der Waals surface area contributed by atoms with Crippen molar-refractivity contribution in [3.8, 4) is 11.9 Å². The van der Waals surface area contributed by atoms with E-state index in [-0.39, 0.29) is 5.92 Å². The first-order valence-electron chi connectivity index (χ1n) is 9.58. The van der Waals surface area contributed by atoms with Gasteiger partial charge < -0.3 is 15.8 Å². The monoisotopic (exact) mass is 390 g/mol. The van der Waals surface area contributed by atoms with Crippen molar-refractivity contribution in [2.45, 2.75) is 45.6 Å². The number of hydrogen-bond acceptors (Lipinski definition) is 7. The molecule has 0 fully saturated rings. The van der Waals surface area contributed by atoms with Gasteiger partial charge in [0.15, 0.2) is 0 Å². The molecule has 0 saturated carbocycles. The van der Waals surface area contributed by atoms with Gasteiger partial charge in [-0.25, -0.2) is 15.0 Å². The summed E-state index contributed by atoms with van der Waals surface area (Å²) in [5.41, 5.74) is 8.06. The molecule has 0 aliphatic carbocycles. The molecule has 3 N–H and O–H groups in total. The molecule has 29 heavy (non-hydrogen) atoms. The van der Waals surface area contributed by atoms with Gasteiger partial charge in [0.25, 0.3) is 0 Å². The van der Waals surface area contributed by atoms with E-state index in [2.05, 4.69) is 40.2 Å². The van der Waals surface area contributed by atoms with E-state index < -0.39 is 5.54 Å². The maximum absolute atomic E-state index is 9.37. The quantitative estimate of drug-likeness (QED) is 0.643. The molecule has 3 aromatic rings. The number of nitrogens with two attached hydrogens (primary N) is 1. The zero-order valence-corrected chi connectivity index (χ0v) is 17.4. The van der Waals surface area contributed by atoms with Crippen LogP contribution in [0, 0.1) is 11.3 Å². The Balaban J connectivity index is 2.07. The van der Waals surface area contributed by atoms with E-state index in [0.717, 1.165) is 28.5 Å². The Bertz CT molecular complexity index is 1080. The molecule has 3 aromatic heterocycles. The van der Waals surface area contributed by atoms with Crippen molar-refractivity contribution in [2.24, 2.45) is 5.73 Å². The van der Waals surface area contributed by atoms with E-state index in [1.807, 2.05) is 19.9 Å². The van der Waals surface area contributed by atoms with Gasteiger partial charge in [0.05, 0.1) is 23.8 Å². The molecule has 0 unspecified atom stereocenters. The second kappa shape index (κ2) is 8.02. The Kier molecular flexibility index (Phi) is 5.66. The molecule has 150 valence electrons. The molecule has 0 radical (unpaired) electrons. The first-order chi connectivity index (χ1) is 13.8. The fourth-order valence-corrected chi connectivity index (χ4v) is 3.19. The fourth-order valence-electron chi connectivity index (χ4n) is 3.19. The van der Waals surface area contributed by atoms with Crippen LogP contribution in [0.4, 0.5) is 11.6 Å². The van der Waals surface area contributed by atoms with E-state index in [1.165, 1.54) is 0 Å². The third-order valence-electron chi connectivity index (χ3n) is 5.00. The summed E-state index contributed by atoms with van der Waals surface area (Å²) in [4.78, 5) is 13.5. The summed E-state index contributed by atoms with van der Waals surface area (Å²) in [6.07, 6.45) is 4.37. The van der Waals surface area contributed by atoms with Crippen molar-refractivity contribution < 1.29 is 4.74 Å². The molecule has 7 heteroatoms. The Labute approximate surface area is 171 Å². The van der Waals surface area contributed by atoms with E-state index in [1.54, 1.807) is 31.6 Å². The number of ether oxygens (including phenoxy) is 1. The molecular formula is C22H26N6O. The van der Waals surface area contributed by atoms with Gasteiger partial charge in [-0.1, -0.05) is 13.8 Å². The van der Waals surface area contributed by atoms with Gasteiger partial charge in [-0.05, 0) is 55.3 Å². The average molecular weight is 390 g/mol. The van der Waals surface area contributed by atoms with E-state index in [4.69, 9.17) is 10.5 Å². The number of fused-ring (bicyclic) bond motifs is 1. The van der Waals surface area contributed by atoms with Crippen LogP contribution < -0.4 is 15.8 Å². The van der Waals surface area contributed by atoms with Crippen LogP contribution in [0.15, 0.2) is 30.6 Å². The minimum Gasteiger partial charge on any atom is -0.481 e. The molecule has 0 aromatic carbocycles. The highest BCUT2D eigenvalue weighted by Gasteiger charge is 2.21. The van der Waals surface area contributed by atoms with Crippen LogP contribution in [-0.2, 0) is 5.54 Å². The number of nitriles is 1. The molecule has 7 nitrogen and oxygen atoms in total. The third kappa shape index (κ3) is 4.13. The number of nitrogens with one attached hydrogen (secondary N) is 1. The summed E-state index contributed by atoms with van der Waals surface area (Å²) in [5, 5.41) is 14.3. The Morgan fingerprint density at radius 3 is 2.59 bits per heavy atom. The number of pyridine rings is 3. The van der Waals surface area contributed by atoms with Gasteiger partial charge in [-0.3, -0.25) is 0 Å². The maximum atomic E-state index is 9.37. The topological polar surface area (TPSA) is 110 Å². The predicted octanol–water partition coefficient (Wildman–Crippen LogP) is 4.36. The van der Waals surface area contributed by atoms with Crippen molar-refractivity contribution in [1.29, 1.82) is 5.26 Å². The number of anilines is 2. The maximum Gasteiger partial charge on any atom is 0.222 e. The van der Waals surface area contributed by atoms with Crippen LogP contribution in [0.2, 0.25) is 0 Å². The fraction of sp³-hybridized carbons (Fsp3) is 0.364. The summed E-state index contributed by atoms with van der Waals surface area (Å²) < 4.78 is 5.38. The van der Waals surface area contributed by atoms with Crippen LogP contribution >= 0.6 is 0 Å². The van der Waals surface area contributed by atoms with Crippen LogP contribution in [0.1, 0.15) is 56.9 Å². The lowest BCUT2D eigenvalue weighted by molar-refractivity contribution is 0.402. The number of hydrogen-bond donors (Lipinski definition) is 2. The largest absolute Gasteiger partial charge is 0.481 e. The Morgan fingerprint density at radius 1 is 1.21 bits per heavy atom. The number of aromatic nitrogens is 3. The smallest absolute Gasteiger partial charge is 0.222 e. The van der Waals surface area contributed by atoms with Crippen molar-refractivity contribution in [2.75, 3.05) is 12.4 Å². The molecule has 3 heterocycles. The van der Waals surface area contributed by atoms with Crippen molar-refractivity contribution in [3.63, 3.8) is 0 Å². The first-order valence-corrected chi connectivity index (χ1v) is 9.58. The van der Waals surface area contributed by atoms with E-state index in [9.17, 15) is 5.26 Å². The van der Waals surface area contributed by atoms with Crippen LogP contribution in [0.5, 0.6) is 5.88 Å². The minimum absolute atomic E-state index is 0.191. The van der Waals surface area contributed by atoms with Crippen LogP contribution in [0.25, 0.3) is 10.8 Å². The second-order valence-electron chi connectivity index (χ2n) is 7.69. The summed E-state index contributed by atoms with van der Waals surface area (Å²) in [5.74, 6) is 1.96. The Hall–Kier alpha value is -3.24. The summed E-state index contributed by atoms with van der Waals surface area (Å²) in [7, 11) is 1.58. The zero-order valence-electron chi connectivity index (χ0n) is 17.4. The second-order valence-corrected chi connectivity index (χ2v) is 7.69. The Morgan fingerprint density at radius 2 is 1.97 bits per heavy atom. The lowest BCUT2D eigenvalue weighted by atomic mass is 9.93. The van der Waals surface area contributed by atoms with Gasteiger partial charge >= 0.3 is 0 Å². The lowest BCUT2D eigenvalue weighted by Gasteiger charge is -2.22. The SMILES string of the molecule is CC[C@@H](C)c1nc(Nc2cc3c(C(C)(C)N)cnc(OC)c3cn2)ccc1C#N. The van der Waals surface area contributed by atoms with Gasteiger partial charge in [-0.15, -0.1) is 0 Å². The summed E-state index contributed by atoms with van der Waals surface area (Å²) in [6.45, 7) is 8.01.